The summed E-state index contributed by atoms with van der Waals surface area (Å²) in [6.07, 6.45) is -4.23. The van der Waals surface area contributed by atoms with Crippen molar-refractivity contribution >= 4 is 21.8 Å². The lowest BCUT2D eigenvalue weighted by molar-refractivity contribution is -0.140. The largest absolute Gasteiger partial charge is 0.419 e. The van der Waals surface area contributed by atoms with Gasteiger partial charge in [-0.3, -0.25) is 4.79 Å². The molecule has 0 aliphatic heterocycles. The molecule has 0 saturated heterocycles. The van der Waals surface area contributed by atoms with Crippen molar-refractivity contribution in [1.82, 2.24) is 5.32 Å². The lowest BCUT2D eigenvalue weighted by Gasteiger charge is -2.27. The Kier molecular flexibility index (Phi) is 5.18. The maximum Gasteiger partial charge on any atom is 0.419 e. The summed E-state index contributed by atoms with van der Waals surface area (Å²) >= 11 is 3.24. The van der Waals surface area contributed by atoms with Gasteiger partial charge in [-0.1, -0.05) is 22.9 Å². The highest BCUT2D eigenvalue weighted by Crippen LogP contribution is 2.32. The van der Waals surface area contributed by atoms with E-state index in [2.05, 4.69) is 21.2 Å². The van der Waals surface area contributed by atoms with Gasteiger partial charge in [0, 0.05) is 16.4 Å². The fraction of sp³-hybridized carbons (Fsp3) is 0.462. The third-order valence-corrected chi connectivity index (χ3v) is 4.26. The van der Waals surface area contributed by atoms with Crippen LogP contribution in [0.15, 0.2) is 18.2 Å². The molecule has 0 fully saturated rings. The number of hydrogen-bond acceptors (Lipinski definition) is 1. The van der Waals surface area contributed by atoms with Crippen molar-refractivity contribution in [3.05, 3.63) is 35.1 Å². The van der Waals surface area contributed by atoms with Gasteiger partial charge in [-0.15, -0.1) is 0 Å². The quantitative estimate of drug-likeness (QED) is 0.638. The van der Waals surface area contributed by atoms with Crippen molar-refractivity contribution in [2.75, 3.05) is 5.33 Å². The maximum absolute atomic E-state index is 13.1. The van der Waals surface area contributed by atoms with Gasteiger partial charge in [0.25, 0.3) is 5.91 Å². The highest BCUT2D eigenvalue weighted by Gasteiger charge is 2.35. The zero-order valence-corrected chi connectivity index (χ0v) is 12.5. The van der Waals surface area contributed by atoms with Crippen LogP contribution < -0.4 is 5.32 Å². The second kappa shape index (κ2) is 6.11. The van der Waals surface area contributed by atoms with Gasteiger partial charge in [-0.25, -0.2) is 4.39 Å². The van der Waals surface area contributed by atoms with Crippen LogP contribution in [-0.2, 0) is 6.18 Å². The Labute approximate surface area is 122 Å². The molecule has 0 aromatic heterocycles. The summed E-state index contributed by atoms with van der Waals surface area (Å²) in [7, 11) is 0. The molecular weight excluding hydrogens is 342 g/mol. The molecule has 1 atom stereocenters. The topological polar surface area (TPSA) is 29.1 Å². The van der Waals surface area contributed by atoms with Crippen LogP contribution in [-0.4, -0.2) is 16.8 Å². The monoisotopic (exact) mass is 355 g/mol. The van der Waals surface area contributed by atoms with Gasteiger partial charge in [0.2, 0.25) is 0 Å². The normalized spacial score (nSPS) is 14.8. The number of nitrogens with one attached hydrogen (secondary N) is 1. The van der Waals surface area contributed by atoms with Gasteiger partial charge < -0.3 is 5.32 Å². The number of carbonyl (C=O) groups excluding carboxylic acids is 1. The Morgan fingerprint density at radius 2 is 1.95 bits per heavy atom. The Bertz CT molecular complexity index is 498. The molecule has 1 aromatic rings. The number of amides is 1. The van der Waals surface area contributed by atoms with E-state index in [0.29, 0.717) is 23.9 Å². The van der Waals surface area contributed by atoms with Crippen molar-refractivity contribution in [3.8, 4) is 0 Å². The van der Waals surface area contributed by atoms with E-state index >= 15 is 0 Å². The molecule has 0 bridgehead atoms. The fourth-order valence-electron chi connectivity index (χ4n) is 1.45. The summed E-state index contributed by atoms with van der Waals surface area (Å²) in [6, 6.07) is 2.20. The van der Waals surface area contributed by atoms with Crippen LogP contribution in [0.1, 0.15) is 36.2 Å². The van der Waals surface area contributed by atoms with Crippen molar-refractivity contribution in [2.45, 2.75) is 32.0 Å². The van der Waals surface area contributed by atoms with E-state index in [9.17, 15) is 22.4 Å². The van der Waals surface area contributed by atoms with Crippen molar-refractivity contribution in [1.29, 1.82) is 0 Å². The molecule has 1 rings (SSSR count). The second-order valence-corrected chi connectivity index (χ2v) is 5.26. The Morgan fingerprint density at radius 3 is 2.40 bits per heavy atom. The van der Waals surface area contributed by atoms with Crippen LogP contribution in [0.5, 0.6) is 0 Å². The van der Waals surface area contributed by atoms with E-state index in [0.717, 1.165) is 6.07 Å². The Hall–Kier alpha value is -1.11. The average molecular weight is 356 g/mol. The summed E-state index contributed by atoms with van der Waals surface area (Å²) in [5.74, 6) is -2.06. The highest BCUT2D eigenvalue weighted by molar-refractivity contribution is 9.09. The van der Waals surface area contributed by atoms with Crippen molar-refractivity contribution in [3.63, 3.8) is 0 Å². The van der Waals surface area contributed by atoms with E-state index in [-0.39, 0.29) is 5.56 Å². The Morgan fingerprint density at radius 1 is 1.35 bits per heavy atom. The van der Waals surface area contributed by atoms with Gasteiger partial charge in [0.05, 0.1) is 5.56 Å². The zero-order chi connectivity index (χ0) is 15.6. The molecule has 0 saturated carbocycles. The van der Waals surface area contributed by atoms with E-state index in [1.54, 1.807) is 6.92 Å². The number of hydrogen-bond donors (Lipinski definition) is 1. The van der Waals surface area contributed by atoms with E-state index in [1.165, 1.54) is 0 Å². The number of carbonyl (C=O) groups is 1. The van der Waals surface area contributed by atoms with Crippen LogP contribution in [0.4, 0.5) is 17.6 Å². The van der Waals surface area contributed by atoms with Gasteiger partial charge in [-0.05, 0) is 31.5 Å². The minimum Gasteiger partial charge on any atom is -0.346 e. The van der Waals surface area contributed by atoms with Crippen molar-refractivity contribution in [2.24, 2.45) is 0 Å². The van der Waals surface area contributed by atoms with Gasteiger partial charge >= 0.3 is 6.18 Å². The zero-order valence-electron chi connectivity index (χ0n) is 10.9. The van der Waals surface area contributed by atoms with E-state index < -0.39 is 29.0 Å². The lowest BCUT2D eigenvalue weighted by atomic mass is 10.0. The molecule has 0 spiro atoms. The second-order valence-electron chi connectivity index (χ2n) is 4.69. The highest BCUT2D eigenvalue weighted by atomic mass is 79.9. The molecule has 1 N–H and O–H groups in total. The molecular formula is C13H14BrF4NO. The predicted octanol–water partition coefficient (Wildman–Crippen LogP) is 4.14. The minimum atomic E-state index is -4.83. The molecule has 0 aliphatic rings. The lowest BCUT2D eigenvalue weighted by Crippen LogP contribution is -2.47. The summed E-state index contributed by atoms with van der Waals surface area (Å²) in [5, 5.41) is 3.09. The van der Waals surface area contributed by atoms with Gasteiger partial charge in [0.1, 0.15) is 5.82 Å². The number of alkyl halides is 4. The first-order valence-electron chi connectivity index (χ1n) is 5.88. The third-order valence-electron chi connectivity index (χ3n) is 3.02. The first kappa shape index (κ1) is 16.9. The summed E-state index contributed by atoms with van der Waals surface area (Å²) in [5.41, 5.74) is -2.24. The fourth-order valence-corrected chi connectivity index (χ4v) is 1.98. The van der Waals surface area contributed by atoms with Gasteiger partial charge in [-0.2, -0.15) is 13.2 Å². The van der Waals surface area contributed by atoms with Crippen LogP contribution in [0.25, 0.3) is 0 Å². The van der Waals surface area contributed by atoms with E-state index in [1.807, 2.05) is 6.92 Å². The molecule has 1 aromatic carbocycles. The molecule has 0 heterocycles. The SMILES string of the molecule is CCC(C)(CBr)NC(=O)c1ccc(F)c(C(F)(F)F)c1. The number of halogens is 5. The minimum absolute atomic E-state index is 0.223. The van der Waals surface area contributed by atoms with Crippen LogP contribution in [0, 0.1) is 5.82 Å². The first-order chi connectivity index (χ1) is 9.13. The molecule has 0 aliphatic carbocycles. The Balaban J connectivity index is 3.07. The molecule has 2 nitrogen and oxygen atoms in total. The van der Waals surface area contributed by atoms with Gasteiger partial charge in [0.15, 0.2) is 0 Å². The van der Waals surface area contributed by atoms with Crippen LogP contribution >= 0.6 is 15.9 Å². The standard InChI is InChI=1S/C13H14BrF4NO/c1-3-12(2,7-14)19-11(20)8-4-5-10(15)9(6-8)13(16,17)18/h4-6H,3,7H2,1-2H3,(H,19,20). The number of rotatable bonds is 4. The summed E-state index contributed by atoms with van der Waals surface area (Å²) in [6.45, 7) is 3.60. The molecule has 20 heavy (non-hydrogen) atoms. The van der Waals surface area contributed by atoms with Crippen molar-refractivity contribution < 1.29 is 22.4 Å². The van der Waals surface area contributed by atoms with Crippen LogP contribution in [0.3, 0.4) is 0 Å². The molecule has 1 amide bonds. The first-order valence-corrected chi connectivity index (χ1v) is 7.00. The predicted molar refractivity (Wildman–Crippen MR) is 71.4 cm³/mol. The summed E-state index contributed by atoms with van der Waals surface area (Å²) in [4.78, 5) is 11.9. The smallest absolute Gasteiger partial charge is 0.346 e. The van der Waals surface area contributed by atoms with Crippen LogP contribution in [0.2, 0.25) is 0 Å². The molecule has 7 heteroatoms. The summed E-state index contributed by atoms with van der Waals surface area (Å²) < 4.78 is 50.9. The molecule has 1 unspecified atom stereocenters. The third kappa shape index (κ3) is 3.94. The maximum atomic E-state index is 13.1. The number of benzene rings is 1. The van der Waals surface area contributed by atoms with E-state index in [4.69, 9.17) is 0 Å². The average Bonchev–Trinajstić information content (AvgIpc) is 2.37. The molecule has 0 radical (unpaired) electrons. The molecule has 112 valence electrons.